The zero-order valence-electron chi connectivity index (χ0n) is 11.6. The van der Waals surface area contributed by atoms with Gasteiger partial charge >= 0.3 is 0 Å². The van der Waals surface area contributed by atoms with E-state index in [-0.39, 0.29) is 11.9 Å². The summed E-state index contributed by atoms with van der Waals surface area (Å²) in [5, 5.41) is 4.19. The number of nitrogens with zero attached hydrogens (tertiary/aromatic N) is 1. The fraction of sp³-hybridized carbons (Fsp3) is 0.375. The van der Waals surface area contributed by atoms with Gasteiger partial charge in [0.15, 0.2) is 0 Å². The van der Waals surface area contributed by atoms with Crippen molar-refractivity contribution in [1.29, 1.82) is 0 Å². The molecule has 1 fully saturated rings. The van der Waals surface area contributed by atoms with Gasteiger partial charge < -0.3 is 10.6 Å². The minimum absolute atomic E-state index is 0.163. The fourth-order valence-corrected chi connectivity index (χ4v) is 3.22. The molecule has 1 heterocycles. The van der Waals surface area contributed by atoms with Crippen molar-refractivity contribution in [1.82, 2.24) is 0 Å². The van der Waals surface area contributed by atoms with Gasteiger partial charge in [-0.1, -0.05) is 12.1 Å². The topological polar surface area (TPSA) is 29.3 Å². The van der Waals surface area contributed by atoms with Crippen molar-refractivity contribution < 1.29 is 4.39 Å². The first-order valence-electron chi connectivity index (χ1n) is 6.98. The van der Waals surface area contributed by atoms with Gasteiger partial charge in [0, 0.05) is 18.6 Å². The first-order chi connectivity index (χ1) is 9.66. The molecule has 2 N–H and O–H groups in total. The molecule has 1 aliphatic carbocycles. The van der Waals surface area contributed by atoms with Gasteiger partial charge in [-0.15, -0.1) is 0 Å². The maximum absolute atomic E-state index is 14.4. The second kappa shape index (κ2) is 5.54. The molecular formula is C16H19FN2S. The van der Waals surface area contributed by atoms with E-state index in [9.17, 15) is 4.39 Å². The van der Waals surface area contributed by atoms with Crippen molar-refractivity contribution in [3.63, 3.8) is 0 Å². The first-order valence-corrected chi connectivity index (χ1v) is 7.93. The summed E-state index contributed by atoms with van der Waals surface area (Å²) < 4.78 is 14.4. The summed E-state index contributed by atoms with van der Waals surface area (Å²) in [6.07, 6.45) is 2.27. The van der Waals surface area contributed by atoms with Gasteiger partial charge in [-0.3, -0.25) is 0 Å². The smallest absolute Gasteiger partial charge is 0.146 e. The van der Waals surface area contributed by atoms with Gasteiger partial charge in [-0.25, -0.2) is 4.39 Å². The Morgan fingerprint density at radius 1 is 1.40 bits per heavy atom. The van der Waals surface area contributed by atoms with E-state index in [2.05, 4.69) is 21.7 Å². The van der Waals surface area contributed by atoms with Crippen molar-refractivity contribution in [2.24, 2.45) is 5.73 Å². The van der Waals surface area contributed by atoms with Crippen LogP contribution in [0.2, 0.25) is 0 Å². The average Bonchev–Trinajstić information content (AvgIpc) is 3.13. The van der Waals surface area contributed by atoms with Gasteiger partial charge in [0.1, 0.15) is 5.82 Å². The summed E-state index contributed by atoms with van der Waals surface area (Å²) in [4.78, 5) is 2.19. The van der Waals surface area contributed by atoms with E-state index >= 15 is 0 Å². The molecule has 20 heavy (non-hydrogen) atoms. The van der Waals surface area contributed by atoms with Crippen LogP contribution in [0.15, 0.2) is 35.0 Å². The average molecular weight is 290 g/mol. The highest BCUT2D eigenvalue weighted by Gasteiger charge is 2.32. The fourth-order valence-electron chi connectivity index (χ4n) is 2.56. The molecule has 3 rings (SSSR count). The predicted octanol–water partition coefficient (Wildman–Crippen LogP) is 4.08. The van der Waals surface area contributed by atoms with Gasteiger partial charge in [0.25, 0.3) is 0 Å². The third kappa shape index (κ3) is 2.72. The molecule has 2 aromatic rings. The van der Waals surface area contributed by atoms with Gasteiger partial charge in [-0.05, 0) is 53.8 Å². The minimum Gasteiger partial charge on any atom is -0.362 e. The molecule has 0 bridgehead atoms. The van der Waals surface area contributed by atoms with Crippen LogP contribution in [-0.4, -0.2) is 6.04 Å². The van der Waals surface area contributed by atoms with E-state index in [1.54, 1.807) is 17.4 Å². The second-order valence-corrected chi connectivity index (χ2v) is 6.24. The molecule has 1 aromatic carbocycles. The Morgan fingerprint density at radius 3 is 2.80 bits per heavy atom. The summed E-state index contributed by atoms with van der Waals surface area (Å²) >= 11 is 1.68. The lowest BCUT2D eigenvalue weighted by Gasteiger charge is -2.28. The molecule has 106 valence electrons. The van der Waals surface area contributed by atoms with E-state index in [4.69, 9.17) is 5.73 Å². The van der Waals surface area contributed by atoms with E-state index in [1.165, 1.54) is 11.6 Å². The number of hydrogen-bond acceptors (Lipinski definition) is 3. The Kier molecular flexibility index (Phi) is 3.76. The Morgan fingerprint density at radius 2 is 2.20 bits per heavy atom. The predicted molar refractivity (Wildman–Crippen MR) is 82.5 cm³/mol. The number of hydrogen-bond donors (Lipinski definition) is 1. The summed E-state index contributed by atoms with van der Waals surface area (Å²) in [5.41, 5.74) is 8.85. The van der Waals surface area contributed by atoms with E-state index in [0.29, 0.717) is 11.7 Å². The molecule has 1 atom stereocenters. The maximum Gasteiger partial charge on any atom is 0.146 e. The first kappa shape index (κ1) is 13.6. The van der Waals surface area contributed by atoms with Gasteiger partial charge in [0.05, 0.1) is 5.69 Å². The number of anilines is 1. The summed E-state index contributed by atoms with van der Waals surface area (Å²) in [5.74, 6) is -0.165. The van der Waals surface area contributed by atoms with Gasteiger partial charge in [0.2, 0.25) is 0 Å². The zero-order chi connectivity index (χ0) is 14.1. The molecular weight excluding hydrogens is 271 g/mol. The molecule has 1 aromatic heterocycles. The number of halogens is 1. The number of benzene rings is 1. The van der Waals surface area contributed by atoms with Crippen LogP contribution in [0.4, 0.5) is 10.1 Å². The van der Waals surface area contributed by atoms with Crippen molar-refractivity contribution in [3.05, 3.63) is 52.0 Å². The molecule has 0 saturated heterocycles. The van der Waals surface area contributed by atoms with Crippen LogP contribution >= 0.6 is 11.3 Å². The molecule has 1 aliphatic rings. The monoisotopic (exact) mass is 290 g/mol. The number of nitrogens with two attached hydrogens (primary N) is 1. The third-order valence-electron chi connectivity index (χ3n) is 3.72. The van der Waals surface area contributed by atoms with Crippen molar-refractivity contribution >= 4 is 17.0 Å². The van der Waals surface area contributed by atoms with Crippen LogP contribution in [0, 0.1) is 5.82 Å². The lowest BCUT2D eigenvalue weighted by molar-refractivity contribution is 0.607. The number of thiophene rings is 1. The van der Waals surface area contributed by atoms with Crippen LogP contribution < -0.4 is 10.6 Å². The maximum atomic E-state index is 14.4. The SMILES string of the molecule is CC(N)c1cccc(F)c1N(Cc1ccsc1)C1CC1. The highest BCUT2D eigenvalue weighted by atomic mass is 32.1. The Labute approximate surface area is 123 Å². The van der Waals surface area contributed by atoms with E-state index in [0.717, 1.165) is 24.9 Å². The molecule has 0 radical (unpaired) electrons. The molecule has 0 aliphatic heterocycles. The molecule has 1 saturated carbocycles. The van der Waals surface area contributed by atoms with Crippen LogP contribution in [0.3, 0.4) is 0 Å². The van der Waals surface area contributed by atoms with Crippen LogP contribution in [0.5, 0.6) is 0 Å². The standard InChI is InChI=1S/C16H19FN2S/c1-11(18)14-3-2-4-15(17)16(14)19(13-5-6-13)9-12-7-8-20-10-12/h2-4,7-8,10-11,13H,5-6,9,18H2,1H3. The molecule has 4 heteroatoms. The Hall–Kier alpha value is -1.39. The molecule has 0 amide bonds. The van der Waals surface area contributed by atoms with Crippen LogP contribution in [-0.2, 0) is 6.54 Å². The lowest BCUT2D eigenvalue weighted by Crippen LogP contribution is -2.28. The van der Waals surface area contributed by atoms with Gasteiger partial charge in [-0.2, -0.15) is 11.3 Å². The highest BCUT2D eigenvalue weighted by molar-refractivity contribution is 7.07. The Balaban J connectivity index is 1.99. The lowest BCUT2D eigenvalue weighted by atomic mass is 10.0. The van der Waals surface area contributed by atoms with Crippen LogP contribution in [0.1, 0.15) is 36.9 Å². The van der Waals surface area contributed by atoms with E-state index < -0.39 is 0 Å². The molecule has 1 unspecified atom stereocenters. The zero-order valence-corrected chi connectivity index (χ0v) is 12.4. The van der Waals surface area contributed by atoms with Crippen LogP contribution in [0.25, 0.3) is 0 Å². The van der Waals surface area contributed by atoms with Crippen molar-refractivity contribution in [2.75, 3.05) is 4.90 Å². The summed E-state index contributed by atoms with van der Waals surface area (Å²) in [6, 6.07) is 7.60. The molecule has 0 spiro atoms. The number of rotatable bonds is 5. The number of para-hydroxylation sites is 1. The summed E-state index contributed by atoms with van der Waals surface area (Å²) in [6.45, 7) is 2.67. The van der Waals surface area contributed by atoms with Crippen molar-refractivity contribution in [2.45, 2.75) is 38.4 Å². The highest BCUT2D eigenvalue weighted by Crippen LogP contribution is 2.38. The quantitative estimate of drug-likeness (QED) is 0.899. The normalized spacial score (nSPS) is 16.1. The second-order valence-electron chi connectivity index (χ2n) is 5.46. The Bertz CT molecular complexity index is 576. The van der Waals surface area contributed by atoms with Crippen molar-refractivity contribution in [3.8, 4) is 0 Å². The molecule has 2 nitrogen and oxygen atoms in total. The summed E-state index contributed by atoms with van der Waals surface area (Å²) in [7, 11) is 0. The minimum atomic E-state index is -0.165. The van der Waals surface area contributed by atoms with E-state index in [1.807, 2.05) is 13.0 Å². The largest absolute Gasteiger partial charge is 0.362 e. The third-order valence-corrected chi connectivity index (χ3v) is 4.45.